The molecule has 0 heterocycles. The first kappa shape index (κ1) is 20.6. The van der Waals surface area contributed by atoms with Crippen LogP contribution in [0.25, 0.3) is 0 Å². The molecule has 0 unspecified atom stereocenters. The third kappa shape index (κ3) is 13.6. The Hall–Kier alpha value is -1.35. The number of rotatable bonds is 11. The summed E-state index contributed by atoms with van der Waals surface area (Å²) < 4.78 is 10.0. The zero-order valence-electron chi connectivity index (χ0n) is 14.9. The molecule has 0 aromatic rings. The molecule has 0 saturated heterocycles. The lowest BCUT2D eigenvalue weighted by molar-refractivity contribution is -0.147. The fourth-order valence-corrected chi connectivity index (χ4v) is 1.88. The molecule has 0 aliphatic heterocycles. The van der Waals surface area contributed by atoms with E-state index in [0.29, 0.717) is 13.2 Å². The van der Waals surface area contributed by atoms with Crippen LogP contribution in [0.3, 0.4) is 0 Å². The zero-order chi connectivity index (χ0) is 16.8. The number of allylic oxidation sites excluding steroid dienone is 5. The highest BCUT2D eigenvalue weighted by Gasteiger charge is 1.99. The van der Waals surface area contributed by atoms with Crippen molar-refractivity contribution in [2.45, 2.75) is 60.3 Å². The summed E-state index contributed by atoms with van der Waals surface area (Å²) in [7, 11) is 0. The van der Waals surface area contributed by atoms with Crippen LogP contribution in [0.2, 0.25) is 0 Å². The molecule has 0 atom stereocenters. The van der Waals surface area contributed by atoms with Crippen LogP contribution in [0.15, 0.2) is 34.9 Å². The minimum atomic E-state index is -0.302. The van der Waals surface area contributed by atoms with E-state index in [1.807, 2.05) is 6.08 Å². The summed E-state index contributed by atoms with van der Waals surface area (Å²) in [5, 5.41) is 0. The Kier molecular flexibility index (Phi) is 12.5. The second-order valence-corrected chi connectivity index (χ2v) is 5.78. The van der Waals surface area contributed by atoms with Crippen molar-refractivity contribution in [3.8, 4) is 0 Å². The van der Waals surface area contributed by atoms with Gasteiger partial charge in [-0.25, -0.2) is 4.79 Å². The maximum atomic E-state index is 11.1. The molecule has 0 aliphatic carbocycles. The van der Waals surface area contributed by atoms with Crippen molar-refractivity contribution in [3.05, 3.63) is 34.9 Å². The Morgan fingerprint density at radius 3 is 2.09 bits per heavy atom. The summed E-state index contributed by atoms with van der Waals surface area (Å²) in [5.41, 5.74) is 4.12. The standard InChI is InChI=1S/C19H32O3/c1-6-22-19(20)15-21-14-13-18(5)12-8-11-17(4)10-7-9-16(2)3/h9,11,13H,6-8,10,12,14-15H2,1-5H3. The molecule has 22 heavy (non-hydrogen) atoms. The first-order valence-electron chi connectivity index (χ1n) is 8.13. The number of esters is 1. The summed E-state index contributed by atoms with van der Waals surface area (Å²) in [5.74, 6) is -0.302. The fourth-order valence-electron chi connectivity index (χ4n) is 1.88. The van der Waals surface area contributed by atoms with Gasteiger partial charge in [0.15, 0.2) is 0 Å². The van der Waals surface area contributed by atoms with E-state index in [1.54, 1.807) is 6.92 Å². The van der Waals surface area contributed by atoms with Crippen LogP contribution in [0, 0.1) is 0 Å². The Bertz CT molecular complexity index is 399. The Morgan fingerprint density at radius 1 is 0.909 bits per heavy atom. The highest BCUT2D eigenvalue weighted by Crippen LogP contribution is 2.11. The second-order valence-electron chi connectivity index (χ2n) is 5.78. The van der Waals surface area contributed by atoms with Crippen molar-refractivity contribution in [3.63, 3.8) is 0 Å². The van der Waals surface area contributed by atoms with Gasteiger partial charge in [-0.2, -0.15) is 0 Å². The van der Waals surface area contributed by atoms with Crippen molar-refractivity contribution in [1.82, 2.24) is 0 Å². The van der Waals surface area contributed by atoms with Gasteiger partial charge in [-0.05, 0) is 60.3 Å². The van der Waals surface area contributed by atoms with E-state index >= 15 is 0 Å². The molecule has 0 fully saturated rings. The second kappa shape index (κ2) is 13.3. The lowest BCUT2D eigenvalue weighted by Gasteiger charge is -2.03. The molecular weight excluding hydrogens is 276 g/mol. The van der Waals surface area contributed by atoms with Gasteiger partial charge in [0, 0.05) is 0 Å². The predicted octanol–water partition coefficient (Wildman–Crippen LogP) is 4.99. The molecule has 0 bridgehead atoms. The van der Waals surface area contributed by atoms with Gasteiger partial charge < -0.3 is 9.47 Å². The lowest BCUT2D eigenvalue weighted by Crippen LogP contribution is -2.12. The van der Waals surface area contributed by atoms with Crippen molar-refractivity contribution in [2.24, 2.45) is 0 Å². The summed E-state index contributed by atoms with van der Waals surface area (Å²) in [6.07, 6.45) is 11.0. The third-order valence-corrected chi connectivity index (χ3v) is 3.20. The van der Waals surface area contributed by atoms with Gasteiger partial charge in [0.05, 0.1) is 13.2 Å². The largest absolute Gasteiger partial charge is 0.464 e. The Labute approximate surface area is 136 Å². The molecule has 0 amide bonds. The van der Waals surface area contributed by atoms with Crippen LogP contribution in [-0.2, 0) is 14.3 Å². The van der Waals surface area contributed by atoms with Crippen LogP contribution < -0.4 is 0 Å². The predicted molar refractivity (Wildman–Crippen MR) is 92.9 cm³/mol. The molecule has 0 radical (unpaired) electrons. The van der Waals surface area contributed by atoms with Crippen molar-refractivity contribution in [1.29, 1.82) is 0 Å². The van der Waals surface area contributed by atoms with Crippen molar-refractivity contribution >= 4 is 5.97 Å². The number of carbonyl (C=O) groups excluding carboxylic acids is 1. The normalized spacial score (nSPS) is 12.2. The summed E-state index contributed by atoms with van der Waals surface area (Å²) >= 11 is 0. The van der Waals surface area contributed by atoms with Crippen LogP contribution in [-0.4, -0.2) is 25.8 Å². The van der Waals surface area contributed by atoms with E-state index in [-0.39, 0.29) is 12.6 Å². The van der Waals surface area contributed by atoms with Crippen LogP contribution in [0.5, 0.6) is 0 Å². The monoisotopic (exact) mass is 308 g/mol. The van der Waals surface area contributed by atoms with Gasteiger partial charge in [-0.1, -0.05) is 34.9 Å². The molecule has 0 aliphatic rings. The van der Waals surface area contributed by atoms with Crippen LogP contribution >= 0.6 is 0 Å². The summed E-state index contributed by atoms with van der Waals surface area (Å²) in [4.78, 5) is 11.1. The minimum Gasteiger partial charge on any atom is -0.464 e. The van der Waals surface area contributed by atoms with Crippen molar-refractivity contribution < 1.29 is 14.3 Å². The molecule has 0 spiro atoms. The fraction of sp³-hybridized carbons (Fsp3) is 0.632. The van der Waals surface area contributed by atoms with Gasteiger partial charge in [-0.15, -0.1) is 0 Å². The third-order valence-electron chi connectivity index (χ3n) is 3.20. The van der Waals surface area contributed by atoms with Gasteiger partial charge in [-0.3, -0.25) is 0 Å². The Balaban J connectivity index is 3.82. The maximum Gasteiger partial charge on any atom is 0.332 e. The average molecular weight is 308 g/mol. The number of hydrogen-bond donors (Lipinski definition) is 0. The van der Waals surface area contributed by atoms with E-state index in [0.717, 1.165) is 25.7 Å². The topological polar surface area (TPSA) is 35.5 Å². The molecule has 3 heteroatoms. The first-order chi connectivity index (χ1) is 10.5. The van der Waals surface area contributed by atoms with Gasteiger partial charge >= 0.3 is 5.97 Å². The quantitative estimate of drug-likeness (QED) is 0.306. The zero-order valence-corrected chi connectivity index (χ0v) is 14.9. The molecule has 3 nitrogen and oxygen atoms in total. The molecule has 0 saturated carbocycles. The average Bonchev–Trinajstić information content (AvgIpc) is 2.43. The molecular formula is C19H32O3. The first-order valence-corrected chi connectivity index (χ1v) is 8.13. The lowest BCUT2D eigenvalue weighted by atomic mass is 10.1. The SMILES string of the molecule is CCOC(=O)COCC=C(C)CCC=C(C)CCC=C(C)C. The van der Waals surface area contributed by atoms with E-state index in [9.17, 15) is 4.79 Å². The summed E-state index contributed by atoms with van der Waals surface area (Å²) in [6, 6.07) is 0. The summed E-state index contributed by atoms with van der Waals surface area (Å²) in [6.45, 7) is 11.2. The van der Waals surface area contributed by atoms with Gasteiger partial charge in [0.25, 0.3) is 0 Å². The van der Waals surface area contributed by atoms with Crippen molar-refractivity contribution in [2.75, 3.05) is 19.8 Å². The minimum absolute atomic E-state index is 0.0288. The number of carbonyl (C=O) groups is 1. The molecule has 0 aromatic carbocycles. The van der Waals surface area contributed by atoms with Crippen LogP contribution in [0.4, 0.5) is 0 Å². The van der Waals surface area contributed by atoms with E-state index in [1.165, 1.54) is 16.7 Å². The number of ether oxygens (including phenoxy) is 2. The van der Waals surface area contributed by atoms with Gasteiger partial charge in [0.2, 0.25) is 0 Å². The van der Waals surface area contributed by atoms with Crippen LogP contribution in [0.1, 0.15) is 60.3 Å². The van der Waals surface area contributed by atoms with E-state index < -0.39 is 0 Å². The smallest absolute Gasteiger partial charge is 0.332 e. The van der Waals surface area contributed by atoms with E-state index in [2.05, 4.69) is 39.8 Å². The van der Waals surface area contributed by atoms with E-state index in [4.69, 9.17) is 9.47 Å². The highest BCUT2D eigenvalue weighted by molar-refractivity contribution is 5.70. The Morgan fingerprint density at radius 2 is 1.50 bits per heavy atom. The molecule has 126 valence electrons. The molecule has 0 aromatic heterocycles. The molecule has 0 rings (SSSR count). The number of hydrogen-bond acceptors (Lipinski definition) is 3. The molecule has 0 N–H and O–H groups in total. The van der Waals surface area contributed by atoms with Gasteiger partial charge in [0.1, 0.15) is 6.61 Å². The highest BCUT2D eigenvalue weighted by atomic mass is 16.6. The maximum absolute atomic E-state index is 11.1.